The van der Waals surface area contributed by atoms with Gasteiger partial charge in [0.1, 0.15) is 6.42 Å². The van der Waals surface area contributed by atoms with Gasteiger partial charge in [0.05, 0.1) is 13.2 Å². The Balaban J connectivity index is 0.772. The zero-order valence-electron chi connectivity index (χ0n) is 26.4. The summed E-state index contributed by atoms with van der Waals surface area (Å²) in [6.45, 7) is 0.606. The Hall–Kier alpha value is -5.22. The fourth-order valence-corrected chi connectivity index (χ4v) is 7.45. The fourth-order valence-electron chi connectivity index (χ4n) is 7.45. The maximum Gasteiger partial charge on any atom is 0.317 e. The maximum atomic E-state index is 12.3. The van der Waals surface area contributed by atoms with Crippen LogP contribution in [-0.4, -0.2) is 25.2 Å². The number of benzene rings is 8. The van der Waals surface area contributed by atoms with Gasteiger partial charge in [0.15, 0.2) is 0 Å². The number of rotatable bonds is 12. The molecule has 8 rings (SSSR count). The lowest BCUT2D eigenvalue weighted by atomic mass is 9.91. The Kier molecular flexibility index (Phi) is 7.78. The average Bonchev–Trinajstić information content (AvgIpc) is 3.10. The molecule has 0 heterocycles. The van der Waals surface area contributed by atoms with Crippen LogP contribution in [0.25, 0.3) is 64.6 Å². The van der Waals surface area contributed by atoms with Crippen molar-refractivity contribution in [2.45, 2.75) is 44.9 Å². The molecule has 8 aromatic rings. The lowest BCUT2D eigenvalue weighted by molar-refractivity contribution is -0.154. The quantitative estimate of drug-likeness (QED) is 0.0593. The summed E-state index contributed by atoms with van der Waals surface area (Å²) in [4.78, 5) is 24.6. The van der Waals surface area contributed by atoms with Gasteiger partial charge in [-0.2, -0.15) is 0 Å². The van der Waals surface area contributed by atoms with Crippen molar-refractivity contribution in [3.63, 3.8) is 0 Å². The van der Waals surface area contributed by atoms with Gasteiger partial charge in [0.25, 0.3) is 0 Å². The van der Waals surface area contributed by atoms with Gasteiger partial charge in [-0.15, -0.1) is 0 Å². The van der Waals surface area contributed by atoms with Crippen LogP contribution in [0.5, 0.6) is 0 Å². The minimum atomic E-state index is -0.522. The van der Waals surface area contributed by atoms with E-state index in [-0.39, 0.29) is 6.42 Å². The second-order valence-electron chi connectivity index (χ2n) is 12.7. The molecule has 0 N–H and O–H groups in total. The first-order valence-electron chi connectivity index (χ1n) is 16.8. The monoisotopic (exact) mass is 616 g/mol. The Morgan fingerprint density at radius 3 is 1.19 bits per heavy atom. The van der Waals surface area contributed by atoms with Crippen LogP contribution in [-0.2, 0) is 31.9 Å². The van der Waals surface area contributed by atoms with Crippen molar-refractivity contribution in [2.75, 3.05) is 13.2 Å². The average molecular weight is 617 g/mol. The maximum absolute atomic E-state index is 12.3. The summed E-state index contributed by atoms with van der Waals surface area (Å²) in [5.41, 5.74) is 2.62. The molecular weight excluding hydrogens is 580 g/mol. The molecule has 0 atom stereocenters. The Morgan fingerprint density at radius 1 is 0.404 bits per heavy atom. The summed E-state index contributed by atoms with van der Waals surface area (Å²) in [7, 11) is 0. The Bertz CT molecular complexity index is 2190. The van der Waals surface area contributed by atoms with Gasteiger partial charge < -0.3 is 9.47 Å². The largest absolute Gasteiger partial charge is 0.465 e. The third-order valence-electron chi connectivity index (χ3n) is 9.73. The summed E-state index contributed by atoms with van der Waals surface area (Å²) in [6, 6.07) is 39.5. The molecule has 4 heteroatoms. The number of carbonyl (C=O) groups excluding carboxylic acids is 2. The molecule has 232 valence electrons. The van der Waals surface area contributed by atoms with Crippen molar-refractivity contribution in [3.05, 3.63) is 120 Å². The number of carbonyl (C=O) groups is 2. The van der Waals surface area contributed by atoms with E-state index in [0.29, 0.717) is 13.2 Å². The molecule has 0 spiro atoms. The highest BCUT2D eigenvalue weighted by Gasteiger charge is 2.14. The molecule has 0 saturated carbocycles. The lowest BCUT2D eigenvalue weighted by Crippen LogP contribution is -2.15. The molecule has 4 nitrogen and oxygen atoms in total. The van der Waals surface area contributed by atoms with E-state index < -0.39 is 11.9 Å². The van der Waals surface area contributed by atoms with Crippen LogP contribution in [0.3, 0.4) is 0 Å². The second kappa shape index (κ2) is 12.5. The highest BCUT2D eigenvalue weighted by Crippen LogP contribution is 2.37. The summed E-state index contributed by atoms with van der Waals surface area (Å²) >= 11 is 0. The van der Waals surface area contributed by atoms with Gasteiger partial charge in [-0.05, 0) is 114 Å². The van der Waals surface area contributed by atoms with E-state index in [9.17, 15) is 9.59 Å². The van der Waals surface area contributed by atoms with E-state index in [0.717, 1.165) is 38.5 Å². The van der Waals surface area contributed by atoms with Crippen LogP contribution in [0.4, 0.5) is 0 Å². The van der Waals surface area contributed by atoms with Gasteiger partial charge in [-0.1, -0.05) is 109 Å². The van der Waals surface area contributed by atoms with Crippen LogP contribution in [0.15, 0.2) is 109 Å². The summed E-state index contributed by atoms with van der Waals surface area (Å²) in [5.74, 6) is -1.04. The third kappa shape index (κ3) is 5.59. The van der Waals surface area contributed by atoms with E-state index >= 15 is 0 Å². The van der Waals surface area contributed by atoms with Crippen molar-refractivity contribution in [3.8, 4) is 0 Å². The SMILES string of the molecule is O=C(CC(=O)OCCCCc1ccc2ccc3cccc4ccc1c2c34)OCCCCc1ccc2ccc3cccc4ccc1c2c34. The van der Waals surface area contributed by atoms with E-state index in [1.54, 1.807) is 0 Å². The zero-order valence-corrected chi connectivity index (χ0v) is 26.4. The predicted octanol–water partition coefficient (Wildman–Crippen LogP) is 10.3. The first kappa shape index (κ1) is 29.2. The number of esters is 2. The van der Waals surface area contributed by atoms with Gasteiger partial charge in [-0.3, -0.25) is 9.59 Å². The van der Waals surface area contributed by atoms with E-state index in [4.69, 9.17) is 9.47 Å². The van der Waals surface area contributed by atoms with Gasteiger partial charge in [-0.25, -0.2) is 0 Å². The normalized spacial score (nSPS) is 11.9. The predicted molar refractivity (Wildman–Crippen MR) is 193 cm³/mol. The number of ether oxygens (including phenoxy) is 2. The number of aryl methyl sites for hydroxylation is 2. The summed E-state index contributed by atoms with van der Waals surface area (Å²) in [5, 5.41) is 15.5. The van der Waals surface area contributed by atoms with Crippen LogP contribution < -0.4 is 0 Å². The molecule has 0 aliphatic carbocycles. The van der Waals surface area contributed by atoms with Crippen molar-refractivity contribution in [2.24, 2.45) is 0 Å². The molecule has 0 amide bonds. The first-order valence-corrected chi connectivity index (χ1v) is 16.8. The van der Waals surface area contributed by atoms with Crippen molar-refractivity contribution in [1.29, 1.82) is 0 Å². The molecule has 0 fully saturated rings. The highest BCUT2D eigenvalue weighted by atomic mass is 16.6. The van der Waals surface area contributed by atoms with Crippen LogP contribution in [0, 0.1) is 0 Å². The highest BCUT2D eigenvalue weighted by molar-refractivity contribution is 6.24. The summed E-state index contributed by atoms with van der Waals surface area (Å²) in [6.07, 6.45) is 4.74. The van der Waals surface area contributed by atoms with Crippen molar-refractivity contribution >= 4 is 76.6 Å². The Labute approximate surface area is 273 Å². The lowest BCUT2D eigenvalue weighted by Gasteiger charge is -2.14. The number of unbranched alkanes of at least 4 members (excludes halogenated alkanes) is 2. The molecule has 0 saturated heterocycles. The van der Waals surface area contributed by atoms with Gasteiger partial charge in [0, 0.05) is 0 Å². The second-order valence-corrected chi connectivity index (χ2v) is 12.7. The molecule has 0 aromatic heterocycles. The number of hydrogen-bond acceptors (Lipinski definition) is 4. The molecule has 0 aliphatic heterocycles. The minimum Gasteiger partial charge on any atom is -0.465 e. The van der Waals surface area contributed by atoms with Crippen molar-refractivity contribution < 1.29 is 19.1 Å². The molecule has 0 bridgehead atoms. The van der Waals surface area contributed by atoms with Gasteiger partial charge >= 0.3 is 11.9 Å². The molecule has 0 unspecified atom stereocenters. The van der Waals surface area contributed by atoms with Crippen LogP contribution in [0.1, 0.15) is 43.2 Å². The van der Waals surface area contributed by atoms with E-state index in [1.165, 1.54) is 75.8 Å². The van der Waals surface area contributed by atoms with Gasteiger partial charge in [0.2, 0.25) is 0 Å². The first-order chi connectivity index (χ1) is 23.1. The van der Waals surface area contributed by atoms with Crippen molar-refractivity contribution in [1.82, 2.24) is 0 Å². The van der Waals surface area contributed by atoms with Crippen LogP contribution in [0.2, 0.25) is 0 Å². The zero-order chi connectivity index (χ0) is 31.7. The molecule has 47 heavy (non-hydrogen) atoms. The van der Waals surface area contributed by atoms with E-state index in [2.05, 4.69) is 109 Å². The van der Waals surface area contributed by atoms with E-state index in [1.807, 2.05) is 0 Å². The Morgan fingerprint density at radius 2 is 0.766 bits per heavy atom. The fraction of sp³-hybridized carbons (Fsp3) is 0.209. The molecular formula is C43H36O4. The molecule has 0 radical (unpaired) electrons. The standard InChI is InChI=1S/C43H36O4/c44-38(46-25-3-1-7-28-13-15-34-19-17-30-9-5-11-32-21-23-36(28)42(34)40(30)32)27-39(45)47-26-4-2-8-29-14-16-35-20-18-31-10-6-12-33-22-24-37(29)43(35)41(31)33/h5-6,9-24H,1-4,7-8,25-27H2. The topological polar surface area (TPSA) is 52.6 Å². The van der Waals surface area contributed by atoms with Crippen LogP contribution >= 0.6 is 0 Å². The minimum absolute atomic E-state index is 0.303. The smallest absolute Gasteiger partial charge is 0.317 e. The number of hydrogen-bond donors (Lipinski definition) is 0. The molecule has 0 aliphatic rings. The summed E-state index contributed by atoms with van der Waals surface area (Å²) < 4.78 is 10.7. The molecule has 8 aromatic carbocycles. The third-order valence-corrected chi connectivity index (χ3v) is 9.73.